The summed E-state index contributed by atoms with van der Waals surface area (Å²) in [6.45, 7) is 1.34. The molecule has 0 aliphatic heterocycles. The third-order valence-corrected chi connectivity index (χ3v) is 5.18. The molecule has 144 valence electrons. The Labute approximate surface area is 175 Å². The third-order valence-electron chi connectivity index (χ3n) is 4.69. The minimum atomic E-state index is -0.375. The van der Waals surface area contributed by atoms with Crippen LogP contribution in [0.1, 0.15) is 16.7 Å². The Morgan fingerprint density at radius 3 is 1.89 bits per heavy atom. The first-order chi connectivity index (χ1) is 13.7. The summed E-state index contributed by atoms with van der Waals surface area (Å²) in [4.78, 5) is 14.9. The SMILES string of the molecule is COC(=O)[C@@H](Cc1cccc(Br)c1)N(Cc1ccccc1)Cc1ccccc1. The Balaban J connectivity index is 1.91. The summed E-state index contributed by atoms with van der Waals surface area (Å²) >= 11 is 3.52. The largest absolute Gasteiger partial charge is 0.468 e. The van der Waals surface area contributed by atoms with Gasteiger partial charge in [-0.15, -0.1) is 0 Å². The van der Waals surface area contributed by atoms with Gasteiger partial charge in [0.25, 0.3) is 0 Å². The van der Waals surface area contributed by atoms with Crippen LogP contribution in [0, 0.1) is 0 Å². The Hall–Kier alpha value is -2.43. The molecule has 0 heterocycles. The van der Waals surface area contributed by atoms with E-state index in [9.17, 15) is 4.79 Å². The number of carbonyl (C=O) groups excluding carboxylic acids is 1. The van der Waals surface area contributed by atoms with Crippen LogP contribution in [-0.2, 0) is 29.0 Å². The lowest BCUT2D eigenvalue weighted by molar-refractivity contribution is -0.147. The molecule has 3 aromatic carbocycles. The smallest absolute Gasteiger partial charge is 0.323 e. The van der Waals surface area contributed by atoms with Gasteiger partial charge < -0.3 is 4.74 Å². The first-order valence-electron chi connectivity index (χ1n) is 9.30. The van der Waals surface area contributed by atoms with Crippen LogP contribution in [0.4, 0.5) is 0 Å². The number of halogens is 1. The number of methoxy groups -OCH3 is 1. The van der Waals surface area contributed by atoms with Gasteiger partial charge in [0.2, 0.25) is 0 Å². The summed E-state index contributed by atoms with van der Waals surface area (Å²) in [6.07, 6.45) is 0.589. The van der Waals surface area contributed by atoms with E-state index in [4.69, 9.17) is 4.74 Å². The number of ether oxygens (including phenoxy) is 1. The van der Waals surface area contributed by atoms with E-state index < -0.39 is 0 Å². The lowest BCUT2D eigenvalue weighted by Gasteiger charge is -2.30. The predicted molar refractivity (Wildman–Crippen MR) is 116 cm³/mol. The average Bonchev–Trinajstić information content (AvgIpc) is 2.72. The molecule has 3 nitrogen and oxygen atoms in total. The van der Waals surface area contributed by atoms with Gasteiger partial charge in [-0.2, -0.15) is 0 Å². The molecule has 3 aromatic rings. The van der Waals surface area contributed by atoms with Crippen molar-refractivity contribution in [2.45, 2.75) is 25.6 Å². The number of hydrogen-bond donors (Lipinski definition) is 0. The van der Waals surface area contributed by atoms with Crippen LogP contribution >= 0.6 is 15.9 Å². The van der Waals surface area contributed by atoms with Crippen molar-refractivity contribution in [1.82, 2.24) is 4.90 Å². The van der Waals surface area contributed by atoms with Crippen molar-refractivity contribution in [2.75, 3.05) is 7.11 Å². The van der Waals surface area contributed by atoms with Crippen molar-refractivity contribution in [3.8, 4) is 0 Å². The number of benzene rings is 3. The second-order valence-electron chi connectivity index (χ2n) is 6.75. The van der Waals surface area contributed by atoms with E-state index in [1.165, 1.54) is 18.2 Å². The molecule has 28 heavy (non-hydrogen) atoms. The zero-order chi connectivity index (χ0) is 19.8. The zero-order valence-corrected chi connectivity index (χ0v) is 17.5. The molecule has 0 fully saturated rings. The highest BCUT2D eigenvalue weighted by atomic mass is 79.9. The fraction of sp³-hybridized carbons (Fsp3) is 0.208. The van der Waals surface area contributed by atoms with Gasteiger partial charge in [0.15, 0.2) is 0 Å². The maximum Gasteiger partial charge on any atom is 0.323 e. The Morgan fingerprint density at radius 1 is 0.857 bits per heavy atom. The fourth-order valence-corrected chi connectivity index (χ4v) is 3.74. The van der Waals surface area contributed by atoms with Gasteiger partial charge in [0, 0.05) is 17.6 Å². The average molecular weight is 438 g/mol. The molecule has 0 radical (unpaired) electrons. The normalized spacial score (nSPS) is 12.0. The highest BCUT2D eigenvalue weighted by Crippen LogP contribution is 2.20. The van der Waals surface area contributed by atoms with Crippen molar-refractivity contribution in [1.29, 1.82) is 0 Å². The molecular weight excluding hydrogens is 414 g/mol. The van der Waals surface area contributed by atoms with E-state index in [0.717, 1.165) is 10.0 Å². The van der Waals surface area contributed by atoms with Crippen LogP contribution in [0.2, 0.25) is 0 Å². The Bertz CT molecular complexity index is 842. The lowest BCUT2D eigenvalue weighted by atomic mass is 10.0. The molecule has 0 amide bonds. The summed E-state index contributed by atoms with van der Waals surface area (Å²) in [6, 6.07) is 28.2. The molecule has 0 aliphatic rings. The standard InChI is InChI=1S/C24H24BrNO2/c1-28-24(27)23(16-21-13-8-14-22(25)15-21)26(17-19-9-4-2-5-10-19)18-20-11-6-3-7-12-20/h2-15,23H,16-18H2,1H3/t23-/m1/s1. The van der Waals surface area contributed by atoms with Gasteiger partial charge in [0.05, 0.1) is 7.11 Å². The summed E-state index contributed by atoms with van der Waals surface area (Å²) in [7, 11) is 1.46. The van der Waals surface area contributed by atoms with Crippen molar-refractivity contribution in [3.63, 3.8) is 0 Å². The molecule has 0 saturated carbocycles. The van der Waals surface area contributed by atoms with Crippen LogP contribution < -0.4 is 0 Å². The van der Waals surface area contributed by atoms with Crippen LogP contribution in [-0.4, -0.2) is 24.0 Å². The van der Waals surface area contributed by atoms with Crippen LogP contribution in [0.25, 0.3) is 0 Å². The molecule has 0 aliphatic carbocycles. The van der Waals surface area contributed by atoms with Crippen molar-refractivity contribution >= 4 is 21.9 Å². The molecule has 0 unspecified atom stereocenters. The predicted octanol–water partition coefficient (Wildman–Crippen LogP) is 5.24. The number of rotatable bonds is 8. The van der Waals surface area contributed by atoms with Gasteiger partial charge in [-0.05, 0) is 35.2 Å². The summed E-state index contributed by atoms with van der Waals surface area (Å²) < 4.78 is 6.18. The Morgan fingerprint density at radius 2 is 1.39 bits per heavy atom. The first-order valence-corrected chi connectivity index (χ1v) is 10.1. The van der Waals surface area contributed by atoms with Crippen LogP contribution in [0.5, 0.6) is 0 Å². The first kappa shape index (κ1) is 20.3. The molecule has 3 rings (SSSR count). The Kier molecular flexibility index (Phi) is 7.40. The lowest BCUT2D eigenvalue weighted by Crippen LogP contribution is -2.42. The molecule has 0 spiro atoms. The van der Waals surface area contributed by atoms with E-state index in [1.807, 2.05) is 54.6 Å². The highest BCUT2D eigenvalue weighted by Gasteiger charge is 2.27. The number of esters is 1. The van der Waals surface area contributed by atoms with E-state index in [2.05, 4.69) is 51.2 Å². The van der Waals surface area contributed by atoms with Gasteiger partial charge in [-0.25, -0.2) is 0 Å². The fourth-order valence-electron chi connectivity index (χ4n) is 3.30. The van der Waals surface area contributed by atoms with E-state index in [1.54, 1.807) is 0 Å². The van der Waals surface area contributed by atoms with Crippen LogP contribution in [0.15, 0.2) is 89.4 Å². The molecule has 4 heteroatoms. The van der Waals surface area contributed by atoms with E-state index >= 15 is 0 Å². The second-order valence-corrected chi connectivity index (χ2v) is 7.66. The molecule has 0 aromatic heterocycles. The molecule has 0 N–H and O–H groups in total. The maximum absolute atomic E-state index is 12.7. The number of carbonyl (C=O) groups is 1. The molecule has 1 atom stereocenters. The van der Waals surface area contributed by atoms with Gasteiger partial charge in [-0.3, -0.25) is 9.69 Å². The van der Waals surface area contributed by atoms with Gasteiger partial charge in [0.1, 0.15) is 6.04 Å². The van der Waals surface area contributed by atoms with Gasteiger partial charge in [-0.1, -0.05) is 88.7 Å². The van der Waals surface area contributed by atoms with Crippen LogP contribution in [0.3, 0.4) is 0 Å². The quantitative estimate of drug-likeness (QED) is 0.451. The van der Waals surface area contributed by atoms with Gasteiger partial charge >= 0.3 is 5.97 Å². The van der Waals surface area contributed by atoms with Crippen molar-refractivity contribution in [2.24, 2.45) is 0 Å². The second kappa shape index (κ2) is 10.2. The highest BCUT2D eigenvalue weighted by molar-refractivity contribution is 9.10. The van der Waals surface area contributed by atoms with E-state index in [0.29, 0.717) is 19.5 Å². The summed E-state index contributed by atoms with van der Waals surface area (Å²) in [5.74, 6) is -0.216. The number of nitrogens with zero attached hydrogens (tertiary/aromatic N) is 1. The molecule has 0 saturated heterocycles. The number of hydrogen-bond acceptors (Lipinski definition) is 3. The minimum Gasteiger partial charge on any atom is -0.468 e. The maximum atomic E-state index is 12.7. The summed E-state index contributed by atoms with van der Waals surface area (Å²) in [5, 5.41) is 0. The van der Waals surface area contributed by atoms with Crippen molar-refractivity contribution in [3.05, 3.63) is 106 Å². The molecular formula is C24H24BrNO2. The topological polar surface area (TPSA) is 29.5 Å². The van der Waals surface area contributed by atoms with Crippen molar-refractivity contribution < 1.29 is 9.53 Å². The molecule has 0 bridgehead atoms. The zero-order valence-electron chi connectivity index (χ0n) is 15.9. The summed E-state index contributed by atoms with van der Waals surface area (Å²) in [5.41, 5.74) is 3.43. The minimum absolute atomic E-state index is 0.216. The monoisotopic (exact) mass is 437 g/mol. The van der Waals surface area contributed by atoms with E-state index in [-0.39, 0.29) is 12.0 Å². The third kappa shape index (κ3) is 5.78.